The summed E-state index contributed by atoms with van der Waals surface area (Å²) in [5.74, 6) is 0. The Balaban J connectivity index is 2.15. The smallest absolute Gasteiger partial charge is 0.0969 e. The van der Waals surface area contributed by atoms with Gasteiger partial charge in [0.1, 0.15) is 0 Å². The predicted molar refractivity (Wildman–Crippen MR) is 40.8 cm³/mol. The molecule has 1 aliphatic heterocycles. The van der Waals surface area contributed by atoms with E-state index in [9.17, 15) is 0 Å². The van der Waals surface area contributed by atoms with E-state index in [0.717, 1.165) is 18.8 Å². The monoisotopic (exact) mass is 153 g/mol. The van der Waals surface area contributed by atoms with Crippen LogP contribution in [-0.2, 0) is 0 Å². The molecule has 0 radical (unpaired) electrons. The third-order valence-electron chi connectivity index (χ3n) is 1.43. The summed E-state index contributed by atoms with van der Waals surface area (Å²) in [5, 5.41) is 3.16. The van der Waals surface area contributed by atoms with Gasteiger partial charge in [-0.2, -0.15) is 8.75 Å². The SMILES string of the molecule is C(=C1CNC1)c1cnsn1. The summed E-state index contributed by atoms with van der Waals surface area (Å²) >= 11 is 1.25. The van der Waals surface area contributed by atoms with Crippen LogP contribution >= 0.6 is 11.7 Å². The number of rotatable bonds is 1. The molecule has 0 bridgehead atoms. The predicted octanol–water partition coefficient (Wildman–Crippen LogP) is 0.525. The van der Waals surface area contributed by atoms with E-state index in [1.165, 1.54) is 17.3 Å². The van der Waals surface area contributed by atoms with E-state index in [0.29, 0.717) is 0 Å². The van der Waals surface area contributed by atoms with Crippen molar-refractivity contribution in [3.63, 3.8) is 0 Å². The Morgan fingerprint density at radius 2 is 2.50 bits per heavy atom. The molecule has 52 valence electrons. The first-order chi connectivity index (χ1) is 4.95. The quantitative estimate of drug-likeness (QED) is 0.639. The Bertz CT molecular complexity index is 234. The highest BCUT2D eigenvalue weighted by Gasteiger charge is 2.06. The molecule has 2 rings (SSSR count). The first kappa shape index (κ1) is 6.00. The van der Waals surface area contributed by atoms with Crippen molar-refractivity contribution in [3.8, 4) is 0 Å². The molecule has 4 heteroatoms. The maximum Gasteiger partial charge on any atom is 0.0969 e. The van der Waals surface area contributed by atoms with Crippen LogP contribution in [0, 0.1) is 0 Å². The van der Waals surface area contributed by atoms with Gasteiger partial charge in [0.25, 0.3) is 0 Å². The van der Waals surface area contributed by atoms with Gasteiger partial charge >= 0.3 is 0 Å². The number of nitrogens with one attached hydrogen (secondary N) is 1. The number of hydrogen-bond acceptors (Lipinski definition) is 4. The molecule has 0 amide bonds. The lowest BCUT2D eigenvalue weighted by molar-refractivity contribution is 0.674. The van der Waals surface area contributed by atoms with Gasteiger partial charge in [0.05, 0.1) is 23.6 Å². The van der Waals surface area contributed by atoms with E-state index in [4.69, 9.17) is 0 Å². The topological polar surface area (TPSA) is 37.8 Å². The Hall–Kier alpha value is -0.740. The first-order valence-electron chi connectivity index (χ1n) is 3.13. The summed E-state index contributed by atoms with van der Waals surface area (Å²) in [4.78, 5) is 0. The van der Waals surface area contributed by atoms with E-state index in [1.807, 2.05) is 0 Å². The molecule has 3 nitrogen and oxygen atoms in total. The van der Waals surface area contributed by atoms with Crippen molar-refractivity contribution in [3.05, 3.63) is 17.5 Å². The summed E-state index contributed by atoms with van der Waals surface area (Å²) in [7, 11) is 0. The molecule has 10 heavy (non-hydrogen) atoms. The number of hydrogen-bond donors (Lipinski definition) is 1. The van der Waals surface area contributed by atoms with E-state index in [1.54, 1.807) is 6.20 Å². The van der Waals surface area contributed by atoms with Gasteiger partial charge in [-0.25, -0.2) is 0 Å². The second kappa shape index (κ2) is 2.48. The van der Waals surface area contributed by atoms with Crippen molar-refractivity contribution in [2.45, 2.75) is 0 Å². The summed E-state index contributed by atoms with van der Waals surface area (Å²) < 4.78 is 7.96. The summed E-state index contributed by atoms with van der Waals surface area (Å²) in [6.45, 7) is 2.02. The fourth-order valence-corrected chi connectivity index (χ4v) is 1.21. The van der Waals surface area contributed by atoms with Gasteiger partial charge in [0.2, 0.25) is 0 Å². The average molecular weight is 153 g/mol. The van der Waals surface area contributed by atoms with Gasteiger partial charge in [-0.1, -0.05) is 0 Å². The van der Waals surface area contributed by atoms with E-state index < -0.39 is 0 Å². The van der Waals surface area contributed by atoms with Crippen LogP contribution in [0.5, 0.6) is 0 Å². The maximum absolute atomic E-state index is 4.06. The third kappa shape index (κ3) is 1.08. The molecule has 0 unspecified atom stereocenters. The number of nitrogens with zero attached hydrogens (tertiary/aromatic N) is 2. The molecule has 1 N–H and O–H groups in total. The van der Waals surface area contributed by atoms with Gasteiger partial charge < -0.3 is 5.32 Å². The van der Waals surface area contributed by atoms with Crippen LogP contribution in [0.1, 0.15) is 5.69 Å². The molecular weight excluding hydrogens is 146 g/mol. The van der Waals surface area contributed by atoms with E-state index in [2.05, 4.69) is 20.1 Å². The minimum atomic E-state index is 0.988. The molecule has 1 fully saturated rings. The van der Waals surface area contributed by atoms with Gasteiger partial charge in [-0.3, -0.25) is 0 Å². The largest absolute Gasteiger partial charge is 0.309 e. The van der Waals surface area contributed by atoms with Crippen LogP contribution in [0.15, 0.2) is 11.8 Å². The standard InChI is InChI=1S/C6H7N3S/c1(5-2-7-3-5)6-4-8-10-9-6/h1,4,7H,2-3H2. The van der Waals surface area contributed by atoms with E-state index in [-0.39, 0.29) is 0 Å². The molecule has 1 aromatic heterocycles. The molecule has 0 atom stereocenters. The molecule has 0 saturated carbocycles. The van der Waals surface area contributed by atoms with E-state index >= 15 is 0 Å². The second-order valence-electron chi connectivity index (χ2n) is 2.24. The lowest BCUT2D eigenvalue weighted by atomic mass is 10.1. The van der Waals surface area contributed by atoms with Gasteiger partial charge in [-0.05, 0) is 11.6 Å². The van der Waals surface area contributed by atoms with Crippen LogP contribution in [0.2, 0.25) is 0 Å². The fraction of sp³-hybridized carbons (Fsp3) is 0.333. The van der Waals surface area contributed by atoms with Crippen molar-refractivity contribution >= 4 is 17.8 Å². The zero-order valence-corrected chi connectivity index (χ0v) is 6.19. The van der Waals surface area contributed by atoms with Crippen LogP contribution in [0.3, 0.4) is 0 Å². The van der Waals surface area contributed by atoms with Crippen molar-refractivity contribution in [2.24, 2.45) is 0 Å². The van der Waals surface area contributed by atoms with Crippen molar-refractivity contribution in [2.75, 3.05) is 13.1 Å². The fourth-order valence-electron chi connectivity index (χ4n) is 0.816. The van der Waals surface area contributed by atoms with Crippen molar-refractivity contribution in [1.82, 2.24) is 14.1 Å². The van der Waals surface area contributed by atoms with Crippen LogP contribution in [-0.4, -0.2) is 21.8 Å². The molecular formula is C6H7N3S. The zero-order valence-electron chi connectivity index (χ0n) is 5.37. The molecule has 0 aromatic carbocycles. The second-order valence-corrected chi connectivity index (χ2v) is 2.80. The Kier molecular flexibility index (Phi) is 1.49. The average Bonchev–Trinajstić information content (AvgIpc) is 2.29. The molecule has 0 aliphatic carbocycles. The Morgan fingerprint density at radius 3 is 3.00 bits per heavy atom. The highest BCUT2D eigenvalue weighted by molar-refractivity contribution is 6.99. The Morgan fingerprint density at radius 1 is 1.60 bits per heavy atom. The first-order valence-corrected chi connectivity index (χ1v) is 3.86. The minimum Gasteiger partial charge on any atom is -0.309 e. The van der Waals surface area contributed by atoms with Crippen molar-refractivity contribution in [1.29, 1.82) is 0 Å². The summed E-state index contributed by atoms with van der Waals surface area (Å²) in [6.07, 6.45) is 3.87. The lowest BCUT2D eigenvalue weighted by Gasteiger charge is -2.17. The van der Waals surface area contributed by atoms with Gasteiger partial charge in [-0.15, -0.1) is 0 Å². The molecule has 0 spiro atoms. The van der Waals surface area contributed by atoms with Crippen LogP contribution < -0.4 is 5.32 Å². The summed E-state index contributed by atoms with van der Waals surface area (Å²) in [5.41, 5.74) is 2.40. The van der Waals surface area contributed by atoms with Gasteiger partial charge in [0.15, 0.2) is 0 Å². The molecule has 1 saturated heterocycles. The summed E-state index contributed by atoms with van der Waals surface area (Å²) in [6, 6.07) is 0. The van der Waals surface area contributed by atoms with Crippen molar-refractivity contribution < 1.29 is 0 Å². The highest BCUT2D eigenvalue weighted by Crippen LogP contribution is 2.07. The zero-order chi connectivity index (χ0) is 6.81. The molecule has 1 aromatic rings. The number of aromatic nitrogens is 2. The normalized spacial score (nSPS) is 16.6. The molecule has 1 aliphatic rings. The van der Waals surface area contributed by atoms with Crippen LogP contribution in [0.4, 0.5) is 0 Å². The molecule has 2 heterocycles. The van der Waals surface area contributed by atoms with Gasteiger partial charge in [0, 0.05) is 13.1 Å². The minimum absolute atomic E-state index is 0.988. The Labute approximate surface area is 63.1 Å². The third-order valence-corrected chi connectivity index (χ3v) is 1.93. The highest BCUT2D eigenvalue weighted by atomic mass is 32.1. The maximum atomic E-state index is 4.06. The van der Waals surface area contributed by atoms with Crippen LogP contribution in [0.25, 0.3) is 6.08 Å². The lowest BCUT2D eigenvalue weighted by Crippen LogP contribution is -2.33.